The van der Waals surface area contributed by atoms with Crippen LogP contribution < -0.4 is 5.32 Å². The molecule has 1 atom stereocenters. The van der Waals surface area contributed by atoms with E-state index in [4.69, 9.17) is 0 Å². The molecule has 0 spiro atoms. The molecule has 2 rings (SSSR count). The van der Waals surface area contributed by atoms with Crippen LogP contribution in [0.4, 0.5) is 5.69 Å². The van der Waals surface area contributed by atoms with Gasteiger partial charge < -0.3 is 10.2 Å². The summed E-state index contributed by atoms with van der Waals surface area (Å²) in [4.78, 5) is 3.88. The van der Waals surface area contributed by atoms with Gasteiger partial charge in [0, 0.05) is 29.7 Å². The predicted molar refractivity (Wildman–Crippen MR) is 85.0 cm³/mol. The molecule has 0 saturated heterocycles. The molecule has 0 fully saturated rings. The highest BCUT2D eigenvalue weighted by Crippen LogP contribution is 2.11. The molecular formula is C16H22N2S. The second-order valence-electron chi connectivity index (χ2n) is 4.91. The number of hydrogen-bond acceptors (Lipinski definition) is 3. The van der Waals surface area contributed by atoms with Gasteiger partial charge in [0.25, 0.3) is 0 Å². The van der Waals surface area contributed by atoms with Crippen LogP contribution in [0.2, 0.25) is 0 Å². The van der Waals surface area contributed by atoms with Crippen molar-refractivity contribution in [3.8, 4) is 0 Å². The molecule has 1 N–H and O–H groups in total. The van der Waals surface area contributed by atoms with Crippen LogP contribution in [0.5, 0.6) is 0 Å². The van der Waals surface area contributed by atoms with Crippen molar-refractivity contribution >= 4 is 17.0 Å². The Morgan fingerprint density at radius 2 is 1.95 bits per heavy atom. The van der Waals surface area contributed by atoms with E-state index >= 15 is 0 Å². The monoisotopic (exact) mass is 274 g/mol. The van der Waals surface area contributed by atoms with E-state index in [0.29, 0.717) is 6.04 Å². The second kappa shape index (κ2) is 7.31. The first-order chi connectivity index (χ1) is 9.25. The predicted octanol–water partition coefficient (Wildman–Crippen LogP) is 3.72. The van der Waals surface area contributed by atoms with Crippen molar-refractivity contribution in [2.24, 2.45) is 0 Å². The molecule has 0 amide bonds. The summed E-state index contributed by atoms with van der Waals surface area (Å²) in [6.45, 7) is 4.35. The van der Waals surface area contributed by atoms with Crippen LogP contribution in [0, 0.1) is 0 Å². The van der Waals surface area contributed by atoms with Crippen molar-refractivity contribution in [1.82, 2.24) is 4.90 Å². The number of para-hydroxylation sites is 1. The maximum Gasteiger partial charge on any atom is 0.0340 e. The smallest absolute Gasteiger partial charge is 0.0340 e. The number of nitrogens with zero attached hydrogens (tertiary/aromatic N) is 1. The molecule has 0 aliphatic heterocycles. The molecule has 1 heterocycles. The number of rotatable bonds is 7. The number of anilines is 1. The lowest BCUT2D eigenvalue weighted by Gasteiger charge is -2.25. The molecule has 0 radical (unpaired) electrons. The quantitative estimate of drug-likeness (QED) is 0.827. The summed E-state index contributed by atoms with van der Waals surface area (Å²) in [5, 5.41) is 5.63. The van der Waals surface area contributed by atoms with Crippen LogP contribution in [-0.4, -0.2) is 31.1 Å². The van der Waals surface area contributed by atoms with Crippen LogP contribution in [-0.2, 0) is 6.42 Å². The van der Waals surface area contributed by atoms with Crippen molar-refractivity contribution in [2.45, 2.75) is 19.4 Å². The highest BCUT2D eigenvalue weighted by atomic mass is 32.1. The van der Waals surface area contributed by atoms with Gasteiger partial charge in [0.05, 0.1) is 0 Å². The van der Waals surface area contributed by atoms with E-state index in [-0.39, 0.29) is 0 Å². The van der Waals surface area contributed by atoms with E-state index in [1.807, 2.05) is 17.4 Å². The molecule has 0 saturated carbocycles. The third kappa shape index (κ3) is 4.69. The maximum atomic E-state index is 3.48. The molecule has 102 valence electrons. The molecule has 1 unspecified atom stereocenters. The first-order valence-electron chi connectivity index (χ1n) is 6.77. The van der Waals surface area contributed by atoms with Gasteiger partial charge in [-0.1, -0.05) is 24.3 Å². The summed E-state index contributed by atoms with van der Waals surface area (Å²) in [6, 6.07) is 15.3. The topological polar surface area (TPSA) is 15.3 Å². The highest BCUT2D eigenvalue weighted by molar-refractivity contribution is 7.09. The Bertz CT molecular complexity index is 453. The van der Waals surface area contributed by atoms with E-state index in [1.165, 1.54) is 10.6 Å². The lowest BCUT2D eigenvalue weighted by Crippen LogP contribution is -2.36. The molecule has 19 heavy (non-hydrogen) atoms. The summed E-state index contributed by atoms with van der Waals surface area (Å²) < 4.78 is 0. The summed E-state index contributed by atoms with van der Waals surface area (Å²) in [5.74, 6) is 0. The number of likely N-dealkylation sites (N-methyl/N-ethyl adjacent to an activating group) is 1. The highest BCUT2D eigenvalue weighted by Gasteiger charge is 2.08. The number of hydrogen-bond donors (Lipinski definition) is 1. The van der Waals surface area contributed by atoms with Gasteiger partial charge in [-0.2, -0.15) is 0 Å². The standard InChI is InChI=1S/C16H22N2S/c1-14(13-17-15-7-4-3-5-8-15)18(2)11-10-16-9-6-12-19-16/h3-9,12,14,17H,10-11,13H2,1-2H3. The van der Waals surface area contributed by atoms with E-state index in [9.17, 15) is 0 Å². The molecule has 0 bridgehead atoms. The fourth-order valence-corrected chi connectivity index (χ4v) is 2.64. The second-order valence-corrected chi connectivity index (χ2v) is 5.94. The normalized spacial score (nSPS) is 12.6. The zero-order valence-electron chi connectivity index (χ0n) is 11.7. The Morgan fingerprint density at radius 3 is 2.63 bits per heavy atom. The third-order valence-corrected chi connectivity index (χ3v) is 4.36. The Hall–Kier alpha value is -1.32. The van der Waals surface area contributed by atoms with Gasteiger partial charge in [-0.05, 0) is 44.0 Å². The number of thiophene rings is 1. The van der Waals surface area contributed by atoms with Gasteiger partial charge >= 0.3 is 0 Å². The molecule has 2 aromatic rings. The Balaban J connectivity index is 1.71. The summed E-state index contributed by atoms with van der Waals surface area (Å²) in [6.07, 6.45) is 1.14. The molecule has 1 aromatic heterocycles. The lowest BCUT2D eigenvalue weighted by atomic mass is 10.2. The number of nitrogens with one attached hydrogen (secondary N) is 1. The summed E-state index contributed by atoms with van der Waals surface area (Å²) in [7, 11) is 2.20. The molecule has 2 nitrogen and oxygen atoms in total. The van der Waals surface area contributed by atoms with Gasteiger partial charge in [-0.25, -0.2) is 0 Å². The number of benzene rings is 1. The molecule has 0 aliphatic carbocycles. The van der Waals surface area contributed by atoms with Crippen molar-refractivity contribution in [3.63, 3.8) is 0 Å². The molecule has 0 aliphatic rings. The van der Waals surface area contributed by atoms with Gasteiger partial charge in [-0.15, -0.1) is 11.3 Å². The van der Waals surface area contributed by atoms with Crippen molar-refractivity contribution in [1.29, 1.82) is 0 Å². The van der Waals surface area contributed by atoms with E-state index < -0.39 is 0 Å². The lowest BCUT2D eigenvalue weighted by molar-refractivity contribution is 0.271. The van der Waals surface area contributed by atoms with Crippen molar-refractivity contribution in [2.75, 3.05) is 25.5 Å². The first-order valence-corrected chi connectivity index (χ1v) is 7.65. The van der Waals surface area contributed by atoms with Gasteiger partial charge in [0.15, 0.2) is 0 Å². The molecule has 1 aromatic carbocycles. The van der Waals surface area contributed by atoms with E-state index in [1.54, 1.807) is 0 Å². The van der Waals surface area contributed by atoms with Gasteiger partial charge in [0.2, 0.25) is 0 Å². The molecular weight excluding hydrogens is 252 g/mol. The van der Waals surface area contributed by atoms with Crippen LogP contribution in [0.3, 0.4) is 0 Å². The zero-order valence-corrected chi connectivity index (χ0v) is 12.5. The minimum absolute atomic E-state index is 0.528. The Kier molecular flexibility index (Phi) is 5.43. The largest absolute Gasteiger partial charge is 0.383 e. The van der Waals surface area contributed by atoms with Crippen LogP contribution in [0.1, 0.15) is 11.8 Å². The fourth-order valence-electron chi connectivity index (χ4n) is 1.94. The zero-order chi connectivity index (χ0) is 13.5. The fraction of sp³-hybridized carbons (Fsp3) is 0.375. The van der Waals surface area contributed by atoms with Crippen molar-refractivity contribution < 1.29 is 0 Å². The summed E-state index contributed by atoms with van der Waals surface area (Å²) >= 11 is 1.84. The van der Waals surface area contributed by atoms with Crippen LogP contribution in [0.15, 0.2) is 47.8 Å². The van der Waals surface area contributed by atoms with Crippen LogP contribution in [0.25, 0.3) is 0 Å². The minimum atomic E-state index is 0.528. The Labute approximate surface area is 120 Å². The molecule has 3 heteroatoms. The third-order valence-electron chi connectivity index (χ3n) is 3.42. The minimum Gasteiger partial charge on any atom is -0.383 e. The van der Waals surface area contributed by atoms with E-state index in [2.05, 4.69) is 66.0 Å². The maximum absolute atomic E-state index is 3.48. The summed E-state index contributed by atoms with van der Waals surface area (Å²) in [5.41, 5.74) is 1.20. The Morgan fingerprint density at radius 1 is 1.16 bits per heavy atom. The average Bonchev–Trinajstić information content (AvgIpc) is 2.96. The van der Waals surface area contributed by atoms with Crippen LogP contribution >= 0.6 is 11.3 Å². The van der Waals surface area contributed by atoms with E-state index in [0.717, 1.165) is 19.5 Å². The van der Waals surface area contributed by atoms with Gasteiger partial charge in [0.1, 0.15) is 0 Å². The first kappa shape index (κ1) is 14.1. The van der Waals surface area contributed by atoms with Crippen molar-refractivity contribution in [3.05, 3.63) is 52.7 Å². The average molecular weight is 274 g/mol. The van der Waals surface area contributed by atoms with Gasteiger partial charge in [-0.3, -0.25) is 0 Å². The SMILES string of the molecule is CC(CNc1ccccc1)N(C)CCc1cccs1.